The molecule has 0 saturated heterocycles. The molecular formula is C18H27N5O. The molecule has 2 rings (SSSR count). The Balaban J connectivity index is 1.70. The van der Waals surface area contributed by atoms with E-state index in [1.165, 1.54) is 5.56 Å². The molecule has 0 amide bonds. The van der Waals surface area contributed by atoms with Crippen molar-refractivity contribution in [2.45, 2.75) is 19.8 Å². The number of hydrogen-bond acceptors (Lipinski definition) is 3. The van der Waals surface area contributed by atoms with E-state index in [0.717, 1.165) is 50.8 Å². The molecule has 1 heterocycles. The van der Waals surface area contributed by atoms with Gasteiger partial charge in [-0.05, 0) is 37.5 Å². The maximum absolute atomic E-state index is 5.32. The average molecular weight is 329 g/mol. The summed E-state index contributed by atoms with van der Waals surface area (Å²) in [6, 6.07) is 10.1. The lowest BCUT2D eigenvalue weighted by Gasteiger charge is -2.11. The van der Waals surface area contributed by atoms with Crippen molar-refractivity contribution in [2.24, 2.45) is 4.99 Å². The SMILES string of the molecule is CCOCCCNC(=NC)NCCc1cnn(-c2ccccc2)c1. The summed E-state index contributed by atoms with van der Waals surface area (Å²) in [7, 11) is 1.78. The van der Waals surface area contributed by atoms with Gasteiger partial charge in [-0.15, -0.1) is 0 Å². The maximum Gasteiger partial charge on any atom is 0.190 e. The molecule has 2 aromatic rings. The smallest absolute Gasteiger partial charge is 0.190 e. The highest BCUT2D eigenvalue weighted by Gasteiger charge is 2.02. The number of benzene rings is 1. The van der Waals surface area contributed by atoms with Crippen LogP contribution >= 0.6 is 0 Å². The van der Waals surface area contributed by atoms with Crippen LogP contribution in [0.2, 0.25) is 0 Å². The Morgan fingerprint density at radius 3 is 2.75 bits per heavy atom. The molecule has 0 aliphatic heterocycles. The molecule has 0 radical (unpaired) electrons. The highest BCUT2D eigenvalue weighted by atomic mass is 16.5. The normalized spacial score (nSPS) is 11.5. The Morgan fingerprint density at radius 1 is 1.21 bits per heavy atom. The summed E-state index contributed by atoms with van der Waals surface area (Å²) in [5, 5.41) is 11.0. The highest BCUT2D eigenvalue weighted by molar-refractivity contribution is 5.79. The number of aliphatic imine (C=N–C) groups is 1. The second kappa shape index (κ2) is 10.4. The molecule has 6 nitrogen and oxygen atoms in total. The molecule has 0 bridgehead atoms. The molecule has 0 aliphatic rings. The van der Waals surface area contributed by atoms with E-state index in [9.17, 15) is 0 Å². The molecular weight excluding hydrogens is 302 g/mol. The average Bonchev–Trinajstić information content (AvgIpc) is 3.09. The number of para-hydroxylation sites is 1. The number of rotatable bonds is 9. The van der Waals surface area contributed by atoms with Crippen molar-refractivity contribution in [1.29, 1.82) is 0 Å². The van der Waals surface area contributed by atoms with Gasteiger partial charge in [-0.2, -0.15) is 5.10 Å². The Hall–Kier alpha value is -2.34. The van der Waals surface area contributed by atoms with E-state index in [1.807, 2.05) is 48.1 Å². The van der Waals surface area contributed by atoms with Gasteiger partial charge in [0, 0.05) is 39.5 Å². The number of guanidine groups is 1. The van der Waals surface area contributed by atoms with Gasteiger partial charge in [-0.3, -0.25) is 4.99 Å². The van der Waals surface area contributed by atoms with E-state index < -0.39 is 0 Å². The molecule has 1 aromatic carbocycles. The van der Waals surface area contributed by atoms with Crippen LogP contribution in [0.3, 0.4) is 0 Å². The van der Waals surface area contributed by atoms with E-state index in [2.05, 4.69) is 26.9 Å². The van der Waals surface area contributed by atoms with Crippen LogP contribution in [0.4, 0.5) is 0 Å². The van der Waals surface area contributed by atoms with Gasteiger partial charge in [-0.25, -0.2) is 4.68 Å². The minimum Gasteiger partial charge on any atom is -0.382 e. The number of nitrogens with zero attached hydrogens (tertiary/aromatic N) is 3. The second-order valence-electron chi connectivity index (χ2n) is 5.35. The molecule has 24 heavy (non-hydrogen) atoms. The van der Waals surface area contributed by atoms with E-state index in [0.29, 0.717) is 0 Å². The minimum atomic E-state index is 0.767. The topological polar surface area (TPSA) is 63.5 Å². The fourth-order valence-corrected chi connectivity index (χ4v) is 2.28. The summed E-state index contributed by atoms with van der Waals surface area (Å²) in [6.07, 6.45) is 5.84. The predicted octanol–water partition coefficient (Wildman–Crippen LogP) is 2.01. The van der Waals surface area contributed by atoms with Crippen molar-refractivity contribution in [1.82, 2.24) is 20.4 Å². The molecule has 0 atom stereocenters. The first-order valence-electron chi connectivity index (χ1n) is 8.44. The molecule has 0 spiro atoms. The van der Waals surface area contributed by atoms with Gasteiger partial charge < -0.3 is 15.4 Å². The molecule has 6 heteroatoms. The first-order valence-corrected chi connectivity index (χ1v) is 8.44. The molecule has 2 N–H and O–H groups in total. The zero-order valence-electron chi connectivity index (χ0n) is 14.5. The highest BCUT2D eigenvalue weighted by Crippen LogP contribution is 2.07. The van der Waals surface area contributed by atoms with Crippen molar-refractivity contribution >= 4 is 5.96 Å². The monoisotopic (exact) mass is 329 g/mol. The largest absolute Gasteiger partial charge is 0.382 e. The Labute approximate surface area is 143 Å². The predicted molar refractivity (Wildman–Crippen MR) is 97.7 cm³/mol. The molecule has 0 saturated carbocycles. The Bertz CT molecular complexity index is 609. The summed E-state index contributed by atoms with van der Waals surface area (Å²) in [5.41, 5.74) is 2.27. The summed E-state index contributed by atoms with van der Waals surface area (Å²) >= 11 is 0. The standard InChI is InChI=1S/C18H27N5O/c1-3-24-13-7-11-20-18(19-2)21-12-10-16-14-22-23(15-16)17-8-5-4-6-9-17/h4-6,8-9,14-15H,3,7,10-13H2,1-2H3,(H2,19,20,21). The van der Waals surface area contributed by atoms with Crippen LogP contribution in [0.15, 0.2) is 47.7 Å². The quantitative estimate of drug-likeness (QED) is 0.420. The zero-order valence-corrected chi connectivity index (χ0v) is 14.5. The second-order valence-corrected chi connectivity index (χ2v) is 5.35. The van der Waals surface area contributed by atoms with E-state index >= 15 is 0 Å². The van der Waals surface area contributed by atoms with Crippen molar-refractivity contribution < 1.29 is 4.74 Å². The van der Waals surface area contributed by atoms with Crippen LogP contribution in [0.5, 0.6) is 0 Å². The van der Waals surface area contributed by atoms with Crippen molar-refractivity contribution in [3.05, 3.63) is 48.3 Å². The van der Waals surface area contributed by atoms with E-state index in [-0.39, 0.29) is 0 Å². The lowest BCUT2D eigenvalue weighted by atomic mass is 10.2. The van der Waals surface area contributed by atoms with Gasteiger partial charge >= 0.3 is 0 Å². The fraction of sp³-hybridized carbons (Fsp3) is 0.444. The minimum absolute atomic E-state index is 0.767. The van der Waals surface area contributed by atoms with Gasteiger partial charge in [0.2, 0.25) is 0 Å². The van der Waals surface area contributed by atoms with E-state index in [1.54, 1.807) is 7.05 Å². The van der Waals surface area contributed by atoms with Crippen LogP contribution in [-0.2, 0) is 11.2 Å². The van der Waals surface area contributed by atoms with Crippen LogP contribution in [0.1, 0.15) is 18.9 Å². The summed E-state index contributed by atoms with van der Waals surface area (Å²) in [4.78, 5) is 4.22. The van der Waals surface area contributed by atoms with Crippen molar-refractivity contribution in [2.75, 3.05) is 33.4 Å². The third kappa shape index (κ3) is 6.04. The first-order chi connectivity index (χ1) is 11.8. The third-order valence-electron chi connectivity index (χ3n) is 3.55. The van der Waals surface area contributed by atoms with Gasteiger partial charge in [0.25, 0.3) is 0 Å². The summed E-state index contributed by atoms with van der Waals surface area (Å²) in [6.45, 7) is 5.22. The van der Waals surface area contributed by atoms with Gasteiger partial charge in [0.1, 0.15) is 0 Å². The van der Waals surface area contributed by atoms with Crippen LogP contribution < -0.4 is 10.6 Å². The maximum atomic E-state index is 5.32. The Kier molecular flexibility index (Phi) is 7.83. The van der Waals surface area contributed by atoms with Crippen LogP contribution in [-0.4, -0.2) is 49.1 Å². The van der Waals surface area contributed by atoms with E-state index in [4.69, 9.17) is 4.74 Å². The van der Waals surface area contributed by atoms with Crippen LogP contribution in [0.25, 0.3) is 5.69 Å². The Morgan fingerprint density at radius 2 is 2.00 bits per heavy atom. The molecule has 130 valence electrons. The lowest BCUT2D eigenvalue weighted by Crippen LogP contribution is -2.39. The molecule has 0 unspecified atom stereocenters. The lowest BCUT2D eigenvalue weighted by molar-refractivity contribution is 0.145. The van der Waals surface area contributed by atoms with Gasteiger partial charge in [0.05, 0.1) is 11.9 Å². The fourth-order valence-electron chi connectivity index (χ4n) is 2.28. The number of ether oxygens (including phenoxy) is 1. The molecule has 1 aromatic heterocycles. The van der Waals surface area contributed by atoms with Crippen molar-refractivity contribution in [3.8, 4) is 5.69 Å². The van der Waals surface area contributed by atoms with Gasteiger partial charge in [0.15, 0.2) is 5.96 Å². The zero-order chi connectivity index (χ0) is 17.0. The summed E-state index contributed by atoms with van der Waals surface area (Å²) in [5.74, 6) is 0.821. The number of hydrogen-bond donors (Lipinski definition) is 2. The molecule has 0 fully saturated rings. The van der Waals surface area contributed by atoms with Crippen LogP contribution in [0, 0.1) is 0 Å². The number of nitrogens with one attached hydrogen (secondary N) is 2. The first kappa shape index (κ1) is 18.0. The van der Waals surface area contributed by atoms with Crippen molar-refractivity contribution in [3.63, 3.8) is 0 Å². The number of aromatic nitrogens is 2. The molecule has 0 aliphatic carbocycles. The summed E-state index contributed by atoms with van der Waals surface area (Å²) < 4.78 is 7.22. The van der Waals surface area contributed by atoms with Gasteiger partial charge in [-0.1, -0.05) is 18.2 Å². The third-order valence-corrected chi connectivity index (χ3v) is 3.55.